The quantitative estimate of drug-likeness (QED) is 0.625. The fourth-order valence-electron chi connectivity index (χ4n) is 2.79. The second-order valence-electron chi connectivity index (χ2n) is 7.09. The number of carbonyl (C=O) groups is 1. The standard InChI is InChI=1S/C20H27N3O4S/c1-13(2)16-5-7-17(8-6-16)28(26,27)22-10-9-19(24)21-12-18-14(3)11-15(4)23-20(18)25/h5-8,11,13,22H,9-10,12H2,1-4H3,(H,21,24)(H,23,25). The molecule has 0 radical (unpaired) electrons. The molecule has 0 fully saturated rings. The number of nitrogens with one attached hydrogen (secondary N) is 3. The van der Waals surface area contributed by atoms with E-state index < -0.39 is 10.0 Å². The second-order valence-corrected chi connectivity index (χ2v) is 8.86. The van der Waals surface area contributed by atoms with Gasteiger partial charge < -0.3 is 10.3 Å². The number of aromatic nitrogens is 1. The number of aryl methyl sites for hydroxylation is 2. The van der Waals surface area contributed by atoms with Gasteiger partial charge >= 0.3 is 0 Å². The summed E-state index contributed by atoms with van der Waals surface area (Å²) in [6.07, 6.45) is -0.0217. The highest BCUT2D eigenvalue weighted by Crippen LogP contribution is 2.17. The van der Waals surface area contributed by atoms with Gasteiger partial charge in [-0.3, -0.25) is 9.59 Å². The summed E-state index contributed by atoms with van der Waals surface area (Å²) in [4.78, 5) is 26.8. The van der Waals surface area contributed by atoms with Crippen LogP contribution < -0.4 is 15.6 Å². The maximum absolute atomic E-state index is 12.3. The van der Waals surface area contributed by atoms with Crippen LogP contribution in [0, 0.1) is 13.8 Å². The van der Waals surface area contributed by atoms with Gasteiger partial charge in [-0.1, -0.05) is 26.0 Å². The number of pyridine rings is 1. The van der Waals surface area contributed by atoms with E-state index in [4.69, 9.17) is 0 Å². The summed E-state index contributed by atoms with van der Waals surface area (Å²) < 4.78 is 27.0. The molecule has 1 heterocycles. The van der Waals surface area contributed by atoms with Crippen molar-refractivity contribution in [1.29, 1.82) is 0 Å². The van der Waals surface area contributed by atoms with Crippen molar-refractivity contribution in [3.8, 4) is 0 Å². The lowest BCUT2D eigenvalue weighted by molar-refractivity contribution is -0.121. The van der Waals surface area contributed by atoms with Crippen LogP contribution in [0.4, 0.5) is 0 Å². The number of hydrogen-bond donors (Lipinski definition) is 3. The first kappa shape index (κ1) is 21.8. The van der Waals surface area contributed by atoms with E-state index in [1.807, 2.05) is 26.8 Å². The number of H-pyrrole nitrogens is 1. The molecule has 2 rings (SSSR count). The van der Waals surface area contributed by atoms with Gasteiger partial charge in [0.1, 0.15) is 0 Å². The van der Waals surface area contributed by atoms with Crippen molar-refractivity contribution in [2.45, 2.75) is 51.5 Å². The van der Waals surface area contributed by atoms with Gasteiger partial charge in [-0.15, -0.1) is 0 Å². The topological polar surface area (TPSA) is 108 Å². The Bertz CT molecular complexity index is 993. The summed E-state index contributed by atoms with van der Waals surface area (Å²) in [6, 6.07) is 8.52. The van der Waals surface area contributed by atoms with Crippen molar-refractivity contribution in [3.05, 3.63) is 63.1 Å². The van der Waals surface area contributed by atoms with Crippen molar-refractivity contribution < 1.29 is 13.2 Å². The van der Waals surface area contributed by atoms with Gasteiger partial charge in [0.15, 0.2) is 0 Å². The molecule has 0 unspecified atom stereocenters. The molecule has 152 valence electrons. The summed E-state index contributed by atoms with van der Waals surface area (Å²) in [5, 5.41) is 2.65. The van der Waals surface area contributed by atoms with Crippen LogP contribution in [0.25, 0.3) is 0 Å². The van der Waals surface area contributed by atoms with E-state index in [1.165, 1.54) is 0 Å². The first-order chi connectivity index (χ1) is 13.1. The number of amides is 1. The third-order valence-corrected chi connectivity index (χ3v) is 5.93. The highest BCUT2D eigenvalue weighted by atomic mass is 32.2. The normalized spacial score (nSPS) is 11.6. The smallest absolute Gasteiger partial charge is 0.253 e. The van der Waals surface area contributed by atoms with Crippen molar-refractivity contribution in [1.82, 2.24) is 15.0 Å². The van der Waals surface area contributed by atoms with Crippen molar-refractivity contribution in [2.24, 2.45) is 0 Å². The van der Waals surface area contributed by atoms with Crippen molar-refractivity contribution in [3.63, 3.8) is 0 Å². The molecule has 0 atom stereocenters. The van der Waals surface area contributed by atoms with E-state index in [2.05, 4.69) is 15.0 Å². The molecule has 0 aliphatic carbocycles. The summed E-state index contributed by atoms with van der Waals surface area (Å²) in [7, 11) is -3.67. The SMILES string of the molecule is Cc1cc(C)c(CNC(=O)CCNS(=O)(=O)c2ccc(C(C)C)cc2)c(=O)[nH]1. The number of rotatable bonds is 8. The van der Waals surface area contributed by atoms with E-state index in [0.717, 1.165) is 16.8 Å². The molecular weight excluding hydrogens is 378 g/mol. The molecule has 8 heteroatoms. The summed E-state index contributed by atoms with van der Waals surface area (Å²) in [5.74, 6) is -0.0185. The van der Waals surface area contributed by atoms with Crippen LogP contribution in [0.1, 0.15) is 48.6 Å². The van der Waals surface area contributed by atoms with Crippen LogP contribution in [0.15, 0.2) is 40.0 Å². The fourth-order valence-corrected chi connectivity index (χ4v) is 3.82. The fraction of sp³-hybridized carbons (Fsp3) is 0.400. The molecule has 1 aromatic heterocycles. The largest absolute Gasteiger partial charge is 0.352 e. The Morgan fingerprint density at radius 2 is 1.79 bits per heavy atom. The molecule has 0 aliphatic heterocycles. The monoisotopic (exact) mass is 405 g/mol. The summed E-state index contributed by atoms with van der Waals surface area (Å²) in [6.45, 7) is 7.74. The number of carbonyl (C=O) groups excluding carboxylic acids is 1. The maximum atomic E-state index is 12.3. The highest BCUT2D eigenvalue weighted by molar-refractivity contribution is 7.89. The van der Waals surface area contributed by atoms with Crippen molar-refractivity contribution >= 4 is 15.9 Å². The number of benzene rings is 1. The molecule has 0 saturated carbocycles. The Balaban J connectivity index is 1.87. The van der Waals surface area contributed by atoms with E-state index >= 15 is 0 Å². The summed E-state index contributed by atoms with van der Waals surface area (Å²) >= 11 is 0. The van der Waals surface area contributed by atoms with Crippen LogP contribution in [-0.4, -0.2) is 25.9 Å². The van der Waals surface area contributed by atoms with Crippen LogP contribution in [0.3, 0.4) is 0 Å². The Kier molecular flexibility index (Phi) is 7.15. The Morgan fingerprint density at radius 3 is 2.36 bits per heavy atom. The van der Waals surface area contributed by atoms with Gasteiger partial charge in [-0.25, -0.2) is 13.1 Å². The number of hydrogen-bond acceptors (Lipinski definition) is 4. The molecule has 0 bridgehead atoms. The molecule has 1 aromatic carbocycles. The minimum atomic E-state index is -3.67. The van der Waals surface area contributed by atoms with Crippen LogP contribution in [0.2, 0.25) is 0 Å². The van der Waals surface area contributed by atoms with E-state index in [9.17, 15) is 18.0 Å². The lowest BCUT2D eigenvalue weighted by atomic mass is 10.0. The van der Waals surface area contributed by atoms with Gasteiger partial charge in [-0.2, -0.15) is 0 Å². The van der Waals surface area contributed by atoms with Gasteiger partial charge in [0.25, 0.3) is 5.56 Å². The van der Waals surface area contributed by atoms with Crippen molar-refractivity contribution in [2.75, 3.05) is 6.54 Å². The third kappa shape index (κ3) is 5.77. The Hall–Kier alpha value is -2.45. The zero-order valence-electron chi connectivity index (χ0n) is 16.6. The molecule has 0 aliphatic rings. The van der Waals surface area contributed by atoms with E-state index in [0.29, 0.717) is 11.5 Å². The minimum absolute atomic E-state index is 0.0217. The van der Waals surface area contributed by atoms with E-state index in [-0.39, 0.29) is 35.9 Å². The lowest BCUT2D eigenvalue weighted by Gasteiger charge is -2.10. The molecule has 1 amide bonds. The molecular formula is C20H27N3O4S. The van der Waals surface area contributed by atoms with Crippen LogP contribution >= 0.6 is 0 Å². The predicted molar refractivity (Wildman–Crippen MR) is 109 cm³/mol. The number of sulfonamides is 1. The van der Waals surface area contributed by atoms with Gasteiger partial charge in [-0.05, 0) is 49.1 Å². The first-order valence-electron chi connectivity index (χ1n) is 9.16. The van der Waals surface area contributed by atoms with Gasteiger partial charge in [0.05, 0.1) is 4.90 Å². The molecule has 7 nitrogen and oxygen atoms in total. The molecule has 2 aromatic rings. The molecule has 0 saturated heterocycles. The average Bonchev–Trinajstić information content (AvgIpc) is 2.60. The first-order valence-corrected chi connectivity index (χ1v) is 10.6. The van der Waals surface area contributed by atoms with Crippen LogP contribution in [-0.2, 0) is 21.4 Å². The van der Waals surface area contributed by atoms with Crippen LogP contribution in [0.5, 0.6) is 0 Å². The lowest BCUT2D eigenvalue weighted by Crippen LogP contribution is -2.32. The Labute approximate surface area is 165 Å². The van der Waals surface area contributed by atoms with Gasteiger partial charge in [0, 0.05) is 30.8 Å². The maximum Gasteiger partial charge on any atom is 0.253 e. The zero-order valence-corrected chi connectivity index (χ0v) is 17.4. The predicted octanol–water partition coefficient (Wildman–Crippen LogP) is 2.10. The van der Waals surface area contributed by atoms with Gasteiger partial charge in [0.2, 0.25) is 15.9 Å². The average molecular weight is 406 g/mol. The minimum Gasteiger partial charge on any atom is -0.352 e. The summed E-state index contributed by atoms with van der Waals surface area (Å²) in [5.41, 5.74) is 2.87. The molecule has 3 N–H and O–H groups in total. The molecule has 28 heavy (non-hydrogen) atoms. The highest BCUT2D eigenvalue weighted by Gasteiger charge is 2.15. The third-order valence-electron chi connectivity index (χ3n) is 4.46. The second kappa shape index (κ2) is 9.16. The Morgan fingerprint density at radius 1 is 1.14 bits per heavy atom. The zero-order chi connectivity index (χ0) is 20.9. The number of aromatic amines is 1. The van der Waals surface area contributed by atoms with E-state index in [1.54, 1.807) is 31.2 Å². The molecule has 0 spiro atoms.